The van der Waals surface area contributed by atoms with Gasteiger partial charge in [-0.25, -0.2) is 0 Å². The van der Waals surface area contributed by atoms with Crippen LogP contribution in [0.5, 0.6) is 5.75 Å². The standard InChI is InChI=1S/C18H20BrNO4/c1-22-15-5-3-2-4-14(15)18(6-8-23-9-7-18)12-20-17(21)13-10-16(19)24-11-13/h2-5,10-11H,6-9,12H2,1H3,(H,20,21). The van der Waals surface area contributed by atoms with E-state index in [9.17, 15) is 4.79 Å². The smallest absolute Gasteiger partial charge is 0.254 e. The van der Waals surface area contributed by atoms with Gasteiger partial charge in [-0.3, -0.25) is 4.79 Å². The molecule has 1 aromatic heterocycles. The van der Waals surface area contributed by atoms with E-state index < -0.39 is 0 Å². The Kier molecular flexibility index (Phi) is 5.26. The molecule has 1 aliphatic heterocycles. The molecule has 0 bridgehead atoms. The Balaban J connectivity index is 1.82. The van der Waals surface area contributed by atoms with Crippen LogP contribution in [0, 0.1) is 0 Å². The van der Waals surface area contributed by atoms with Gasteiger partial charge in [-0.15, -0.1) is 0 Å². The van der Waals surface area contributed by atoms with Crippen LogP contribution in [0.2, 0.25) is 0 Å². The highest BCUT2D eigenvalue weighted by molar-refractivity contribution is 9.10. The number of benzene rings is 1. The molecule has 0 unspecified atom stereocenters. The number of para-hydroxylation sites is 1. The molecule has 6 heteroatoms. The zero-order valence-electron chi connectivity index (χ0n) is 13.5. The quantitative estimate of drug-likeness (QED) is 0.843. The van der Waals surface area contributed by atoms with E-state index in [-0.39, 0.29) is 11.3 Å². The fraction of sp³-hybridized carbons (Fsp3) is 0.389. The molecular weight excluding hydrogens is 374 g/mol. The number of furan rings is 1. The summed E-state index contributed by atoms with van der Waals surface area (Å²) in [6, 6.07) is 9.66. The second kappa shape index (κ2) is 7.40. The van der Waals surface area contributed by atoms with Crippen LogP contribution in [0.1, 0.15) is 28.8 Å². The Morgan fingerprint density at radius 2 is 2.08 bits per heavy atom. The maximum atomic E-state index is 12.4. The van der Waals surface area contributed by atoms with E-state index in [2.05, 4.69) is 27.3 Å². The first-order valence-electron chi connectivity index (χ1n) is 7.88. The van der Waals surface area contributed by atoms with Crippen molar-refractivity contribution in [3.05, 3.63) is 52.4 Å². The van der Waals surface area contributed by atoms with E-state index in [1.807, 2.05) is 18.2 Å². The van der Waals surface area contributed by atoms with Gasteiger partial charge in [0.1, 0.15) is 12.0 Å². The Morgan fingerprint density at radius 1 is 1.33 bits per heavy atom. The SMILES string of the molecule is COc1ccccc1C1(CNC(=O)c2coc(Br)c2)CCOCC1. The molecule has 1 aliphatic rings. The molecule has 24 heavy (non-hydrogen) atoms. The van der Waals surface area contributed by atoms with E-state index in [1.165, 1.54) is 6.26 Å². The maximum Gasteiger partial charge on any atom is 0.254 e. The molecule has 5 nitrogen and oxygen atoms in total. The van der Waals surface area contributed by atoms with Crippen molar-refractivity contribution in [1.82, 2.24) is 5.32 Å². The Hall–Kier alpha value is -1.79. The lowest BCUT2D eigenvalue weighted by molar-refractivity contribution is 0.0479. The van der Waals surface area contributed by atoms with Gasteiger partial charge in [0.05, 0.1) is 12.7 Å². The van der Waals surface area contributed by atoms with Gasteiger partial charge >= 0.3 is 0 Å². The van der Waals surface area contributed by atoms with Crippen LogP contribution in [0.15, 0.2) is 45.7 Å². The van der Waals surface area contributed by atoms with Gasteiger partial charge in [-0.2, -0.15) is 0 Å². The number of hydrogen-bond donors (Lipinski definition) is 1. The minimum atomic E-state index is -0.193. The van der Waals surface area contributed by atoms with Crippen LogP contribution in [0.3, 0.4) is 0 Å². The highest BCUT2D eigenvalue weighted by atomic mass is 79.9. The molecule has 1 saturated heterocycles. The fourth-order valence-corrected chi connectivity index (χ4v) is 3.51. The average Bonchev–Trinajstić information content (AvgIpc) is 3.07. The summed E-state index contributed by atoms with van der Waals surface area (Å²) in [4.78, 5) is 12.4. The summed E-state index contributed by atoms with van der Waals surface area (Å²) < 4.78 is 16.8. The lowest BCUT2D eigenvalue weighted by Crippen LogP contribution is -2.44. The number of methoxy groups -OCH3 is 1. The summed E-state index contributed by atoms with van der Waals surface area (Å²) in [5.74, 6) is 0.699. The third-order valence-electron chi connectivity index (χ3n) is 4.55. The summed E-state index contributed by atoms with van der Waals surface area (Å²) in [7, 11) is 1.67. The third-order valence-corrected chi connectivity index (χ3v) is 4.96. The number of nitrogens with one attached hydrogen (secondary N) is 1. The molecule has 128 valence electrons. The number of halogens is 1. The minimum absolute atomic E-state index is 0.148. The van der Waals surface area contributed by atoms with Gasteiger partial charge in [0.15, 0.2) is 4.67 Å². The van der Waals surface area contributed by atoms with Crippen LogP contribution in [-0.4, -0.2) is 32.8 Å². The van der Waals surface area contributed by atoms with Crippen LogP contribution >= 0.6 is 15.9 Å². The first-order valence-corrected chi connectivity index (χ1v) is 8.67. The lowest BCUT2D eigenvalue weighted by atomic mass is 9.73. The van der Waals surface area contributed by atoms with Crippen LogP contribution in [-0.2, 0) is 10.2 Å². The van der Waals surface area contributed by atoms with E-state index in [0.29, 0.717) is 30.0 Å². The topological polar surface area (TPSA) is 60.7 Å². The van der Waals surface area contributed by atoms with Crippen molar-refractivity contribution < 1.29 is 18.7 Å². The summed E-state index contributed by atoms with van der Waals surface area (Å²) in [6.07, 6.45) is 3.12. The third kappa shape index (κ3) is 3.49. The van der Waals surface area contributed by atoms with Crippen molar-refractivity contribution in [3.8, 4) is 5.75 Å². The Labute approximate surface area is 149 Å². The summed E-state index contributed by atoms with van der Waals surface area (Å²) in [6.45, 7) is 1.87. The Morgan fingerprint density at radius 3 is 2.75 bits per heavy atom. The predicted molar refractivity (Wildman–Crippen MR) is 93.5 cm³/mol. The molecule has 1 aromatic carbocycles. The zero-order chi connectivity index (χ0) is 17.0. The molecule has 2 heterocycles. The average molecular weight is 394 g/mol. The maximum absolute atomic E-state index is 12.4. The van der Waals surface area contributed by atoms with Crippen LogP contribution in [0.25, 0.3) is 0 Å². The van der Waals surface area contributed by atoms with Gasteiger partial charge in [0.2, 0.25) is 0 Å². The lowest BCUT2D eigenvalue weighted by Gasteiger charge is -2.38. The molecule has 0 atom stereocenters. The molecule has 1 fully saturated rings. The van der Waals surface area contributed by atoms with Crippen molar-refractivity contribution in [2.24, 2.45) is 0 Å². The fourth-order valence-electron chi connectivity index (χ4n) is 3.17. The molecule has 0 saturated carbocycles. The Bertz CT molecular complexity index is 707. The number of rotatable bonds is 5. The normalized spacial score (nSPS) is 16.6. The van der Waals surface area contributed by atoms with Gasteiger partial charge in [0.25, 0.3) is 5.91 Å². The van der Waals surface area contributed by atoms with E-state index >= 15 is 0 Å². The van der Waals surface area contributed by atoms with Gasteiger partial charge < -0.3 is 19.2 Å². The highest BCUT2D eigenvalue weighted by Gasteiger charge is 2.37. The van der Waals surface area contributed by atoms with Gasteiger partial charge in [0, 0.05) is 36.8 Å². The van der Waals surface area contributed by atoms with Crippen molar-refractivity contribution in [1.29, 1.82) is 0 Å². The number of carbonyl (C=O) groups excluding carboxylic acids is 1. The number of hydrogen-bond acceptors (Lipinski definition) is 4. The van der Waals surface area contributed by atoms with Crippen molar-refractivity contribution in [3.63, 3.8) is 0 Å². The number of amides is 1. The second-order valence-electron chi connectivity index (χ2n) is 5.92. The van der Waals surface area contributed by atoms with Crippen molar-refractivity contribution in [2.75, 3.05) is 26.9 Å². The molecule has 1 amide bonds. The van der Waals surface area contributed by atoms with E-state index in [0.717, 1.165) is 24.2 Å². The van der Waals surface area contributed by atoms with Crippen LogP contribution < -0.4 is 10.1 Å². The van der Waals surface area contributed by atoms with Gasteiger partial charge in [-0.1, -0.05) is 18.2 Å². The first kappa shape index (κ1) is 17.0. The summed E-state index contributed by atoms with van der Waals surface area (Å²) >= 11 is 3.21. The monoisotopic (exact) mass is 393 g/mol. The summed E-state index contributed by atoms with van der Waals surface area (Å²) in [5.41, 5.74) is 1.43. The highest BCUT2D eigenvalue weighted by Crippen LogP contribution is 2.39. The van der Waals surface area contributed by atoms with Crippen molar-refractivity contribution >= 4 is 21.8 Å². The van der Waals surface area contributed by atoms with E-state index in [1.54, 1.807) is 13.2 Å². The molecule has 2 aromatic rings. The first-order chi connectivity index (χ1) is 11.6. The molecule has 0 aliphatic carbocycles. The molecular formula is C18H20BrNO4. The minimum Gasteiger partial charge on any atom is -0.496 e. The molecule has 0 radical (unpaired) electrons. The largest absolute Gasteiger partial charge is 0.496 e. The number of ether oxygens (including phenoxy) is 2. The molecule has 3 rings (SSSR count). The van der Waals surface area contributed by atoms with Crippen molar-refractivity contribution in [2.45, 2.75) is 18.3 Å². The van der Waals surface area contributed by atoms with Crippen LogP contribution in [0.4, 0.5) is 0 Å². The van der Waals surface area contributed by atoms with E-state index in [4.69, 9.17) is 13.9 Å². The zero-order valence-corrected chi connectivity index (χ0v) is 15.1. The summed E-state index contributed by atoms with van der Waals surface area (Å²) in [5, 5.41) is 3.04. The molecule has 0 spiro atoms. The molecule has 1 N–H and O–H groups in total. The second-order valence-corrected chi connectivity index (χ2v) is 6.70. The number of carbonyl (C=O) groups is 1. The predicted octanol–water partition coefficient (Wildman–Crippen LogP) is 3.53. The van der Waals surface area contributed by atoms with Gasteiger partial charge in [-0.05, 0) is 34.8 Å².